The molecule has 1 aliphatic heterocycles. The average Bonchev–Trinajstić information content (AvgIpc) is 2.81. The van der Waals surface area contributed by atoms with Crippen molar-refractivity contribution in [2.24, 2.45) is 0 Å². The van der Waals surface area contributed by atoms with Crippen LogP contribution < -0.4 is 19.9 Å². The maximum absolute atomic E-state index is 12.9. The van der Waals surface area contributed by atoms with E-state index in [1.807, 2.05) is 23.7 Å². The number of rotatable bonds is 11. The fraction of sp³-hybridized carbons (Fsp3) is 0.538. The molecule has 2 aromatic rings. The standard InChI is InChI=1S/C26H36N2O6/c1-7-26(4,5)28-16-18-13-23(34-12-10-11-31-6)24(32-8-2)14-19(18)21-15-22(29)20(17-27(21)28)25(30)33-9-3/h13-15,17H,7-12,16H2,1-6H3. The van der Waals surface area contributed by atoms with Gasteiger partial charge in [0.2, 0.25) is 0 Å². The van der Waals surface area contributed by atoms with Crippen molar-refractivity contribution in [2.45, 2.75) is 59.5 Å². The van der Waals surface area contributed by atoms with E-state index in [-0.39, 0.29) is 23.1 Å². The van der Waals surface area contributed by atoms with Gasteiger partial charge >= 0.3 is 5.97 Å². The first-order valence-electron chi connectivity index (χ1n) is 11.9. The summed E-state index contributed by atoms with van der Waals surface area (Å²) in [5.41, 5.74) is 2.01. The largest absolute Gasteiger partial charge is 0.490 e. The third-order valence-corrected chi connectivity index (χ3v) is 6.17. The molecule has 1 aromatic carbocycles. The molecule has 0 aliphatic carbocycles. The van der Waals surface area contributed by atoms with Crippen LogP contribution in [-0.2, 0) is 16.0 Å². The second-order valence-electron chi connectivity index (χ2n) is 8.81. The molecule has 3 rings (SSSR count). The predicted molar refractivity (Wildman–Crippen MR) is 132 cm³/mol. The molecule has 0 saturated heterocycles. The van der Waals surface area contributed by atoms with Crippen LogP contribution in [0.5, 0.6) is 11.5 Å². The molecule has 34 heavy (non-hydrogen) atoms. The number of benzene rings is 1. The highest BCUT2D eigenvalue weighted by Crippen LogP contribution is 2.40. The van der Waals surface area contributed by atoms with Gasteiger partial charge in [0, 0.05) is 38.0 Å². The summed E-state index contributed by atoms with van der Waals surface area (Å²) in [4.78, 5) is 25.4. The van der Waals surface area contributed by atoms with Crippen molar-refractivity contribution in [3.05, 3.63) is 45.7 Å². The van der Waals surface area contributed by atoms with E-state index < -0.39 is 5.97 Å². The Morgan fingerprint density at radius 3 is 2.41 bits per heavy atom. The van der Waals surface area contributed by atoms with Crippen molar-refractivity contribution in [3.63, 3.8) is 0 Å². The van der Waals surface area contributed by atoms with Gasteiger partial charge in [-0.05, 0) is 51.8 Å². The van der Waals surface area contributed by atoms with Gasteiger partial charge in [0.25, 0.3) is 0 Å². The number of pyridine rings is 1. The molecule has 0 radical (unpaired) electrons. The number of ether oxygens (including phenoxy) is 4. The Morgan fingerprint density at radius 1 is 1.03 bits per heavy atom. The molecule has 8 heteroatoms. The number of hydrogen-bond acceptors (Lipinski definition) is 7. The van der Waals surface area contributed by atoms with E-state index in [1.165, 1.54) is 6.07 Å². The molecule has 8 nitrogen and oxygen atoms in total. The van der Waals surface area contributed by atoms with Crippen molar-refractivity contribution >= 4 is 5.97 Å². The van der Waals surface area contributed by atoms with Crippen molar-refractivity contribution in [3.8, 4) is 22.8 Å². The van der Waals surface area contributed by atoms with E-state index in [0.29, 0.717) is 43.6 Å². The summed E-state index contributed by atoms with van der Waals surface area (Å²) in [6.45, 7) is 12.4. The molecule has 0 atom stereocenters. The molecule has 0 saturated carbocycles. The van der Waals surface area contributed by atoms with Gasteiger partial charge < -0.3 is 24.0 Å². The molecule has 0 N–H and O–H groups in total. The molecule has 0 fully saturated rings. The quantitative estimate of drug-likeness (QED) is 0.359. The van der Waals surface area contributed by atoms with Gasteiger partial charge in [-0.1, -0.05) is 6.92 Å². The second-order valence-corrected chi connectivity index (χ2v) is 8.81. The molecular weight excluding hydrogens is 436 g/mol. The van der Waals surface area contributed by atoms with Crippen LogP contribution in [0.25, 0.3) is 11.3 Å². The number of nitrogens with zero attached hydrogens (tertiary/aromatic N) is 2. The molecule has 0 bridgehead atoms. The first-order chi connectivity index (χ1) is 16.3. The number of carbonyl (C=O) groups is 1. The van der Waals surface area contributed by atoms with Crippen molar-refractivity contribution in [2.75, 3.05) is 38.5 Å². The van der Waals surface area contributed by atoms with Crippen LogP contribution >= 0.6 is 0 Å². The molecule has 1 aliphatic rings. The van der Waals surface area contributed by atoms with E-state index in [1.54, 1.807) is 20.2 Å². The maximum atomic E-state index is 12.9. The highest BCUT2D eigenvalue weighted by Gasteiger charge is 2.33. The van der Waals surface area contributed by atoms with Gasteiger partial charge in [0.05, 0.1) is 37.6 Å². The summed E-state index contributed by atoms with van der Waals surface area (Å²) >= 11 is 0. The van der Waals surface area contributed by atoms with Crippen LogP contribution in [0.4, 0.5) is 0 Å². The lowest BCUT2D eigenvalue weighted by atomic mass is 9.95. The Labute approximate surface area is 201 Å². The Morgan fingerprint density at radius 2 is 1.76 bits per heavy atom. The minimum atomic E-state index is -0.613. The minimum absolute atomic E-state index is 0.0223. The zero-order valence-electron chi connectivity index (χ0n) is 21.1. The summed E-state index contributed by atoms with van der Waals surface area (Å²) in [6, 6.07) is 5.44. The minimum Gasteiger partial charge on any atom is -0.490 e. The van der Waals surface area contributed by atoms with E-state index in [4.69, 9.17) is 18.9 Å². The molecule has 186 valence electrons. The van der Waals surface area contributed by atoms with E-state index in [9.17, 15) is 9.59 Å². The van der Waals surface area contributed by atoms with E-state index in [2.05, 4.69) is 25.8 Å². The SMILES string of the molecule is CCOC(=O)c1cn2c(cc1=O)-c1cc(OCC)c(OCCCOC)cc1CN2C(C)(C)CC. The van der Waals surface area contributed by atoms with Gasteiger partial charge in [-0.25, -0.2) is 4.79 Å². The number of fused-ring (bicyclic) bond motifs is 3. The van der Waals surface area contributed by atoms with Crippen LogP contribution in [0, 0.1) is 0 Å². The lowest BCUT2D eigenvalue weighted by molar-refractivity contribution is 0.0523. The van der Waals surface area contributed by atoms with Crippen LogP contribution in [0.1, 0.15) is 63.4 Å². The number of carbonyl (C=O) groups excluding carboxylic acids is 1. The molecule has 0 spiro atoms. The predicted octanol–water partition coefficient (Wildman–Crippen LogP) is 4.15. The lowest BCUT2D eigenvalue weighted by Crippen LogP contribution is -2.52. The van der Waals surface area contributed by atoms with Gasteiger partial charge in [0.15, 0.2) is 16.9 Å². The molecular formula is C26H36N2O6. The number of esters is 1. The van der Waals surface area contributed by atoms with Gasteiger partial charge in [0.1, 0.15) is 5.56 Å². The van der Waals surface area contributed by atoms with Crippen molar-refractivity contribution in [1.82, 2.24) is 4.68 Å². The number of methoxy groups -OCH3 is 1. The average molecular weight is 473 g/mol. The van der Waals surface area contributed by atoms with Crippen LogP contribution in [0.2, 0.25) is 0 Å². The fourth-order valence-electron chi connectivity index (χ4n) is 3.95. The van der Waals surface area contributed by atoms with E-state index >= 15 is 0 Å². The summed E-state index contributed by atoms with van der Waals surface area (Å²) in [6.07, 6.45) is 3.23. The second kappa shape index (κ2) is 11.0. The van der Waals surface area contributed by atoms with Crippen molar-refractivity contribution in [1.29, 1.82) is 0 Å². The maximum Gasteiger partial charge on any atom is 0.343 e. The Balaban J connectivity index is 2.16. The fourth-order valence-corrected chi connectivity index (χ4v) is 3.95. The summed E-state index contributed by atoms with van der Waals surface area (Å²) in [7, 11) is 1.67. The first kappa shape index (κ1) is 25.6. The third-order valence-electron chi connectivity index (χ3n) is 6.17. The van der Waals surface area contributed by atoms with Gasteiger partial charge in [-0.2, -0.15) is 0 Å². The molecule has 2 heterocycles. The zero-order chi connectivity index (χ0) is 24.9. The summed E-state index contributed by atoms with van der Waals surface area (Å²) < 4.78 is 24.1. The summed E-state index contributed by atoms with van der Waals surface area (Å²) in [5, 5.41) is 2.17. The smallest absolute Gasteiger partial charge is 0.343 e. The first-order valence-corrected chi connectivity index (χ1v) is 11.9. The number of aromatic nitrogens is 1. The Bertz CT molecular complexity index is 1080. The van der Waals surface area contributed by atoms with Crippen LogP contribution in [0.3, 0.4) is 0 Å². The summed E-state index contributed by atoms with van der Waals surface area (Å²) in [5.74, 6) is 0.679. The normalized spacial score (nSPS) is 12.7. The lowest BCUT2D eigenvalue weighted by Gasteiger charge is -2.45. The van der Waals surface area contributed by atoms with Crippen LogP contribution in [0.15, 0.2) is 29.2 Å². The topological polar surface area (TPSA) is 79.2 Å². The van der Waals surface area contributed by atoms with Gasteiger partial charge in [-0.15, -0.1) is 0 Å². The van der Waals surface area contributed by atoms with E-state index in [0.717, 1.165) is 24.0 Å². The molecule has 0 unspecified atom stereocenters. The Hall–Kier alpha value is -3.00. The number of hydrogen-bond donors (Lipinski definition) is 0. The Kier molecular flexibility index (Phi) is 8.25. The highest BCUT2D eigenvalue weighted by atomic mass is 16.5. The molecule has 1 aromatic heterocycles. The van der Waals surface area contributed by atoms with Crippen molar-refractivity contribution < 1.29 is 23.7 Å². The van der Waals surface area contributed by atoms with Crippen LogP contribution in [-0.4, -0.2) is 49.7 Å². The third kappa shape index (κ3) is 5.22. The zero-order valence-corrected chi connectivity index (χ0v) is 21.1. The highest BCUT2D eigenvalue weighted by molar-refractivity contribution is 5.89. The van der Waals surface area contributed by atoms with Gasteiger partial charge in [-0.3, -0.25) is 9.47 Å². The monoisotopic (exact) mass is 472 g/mol. The molecule has 0 amide bonds.